The van der Waals surface area contributed by atoms with Gasteiger partial charge in [0.25, 0.3) is 11.5 Å². The molecular weight excluding hydrogens is 310 g/mol. The van der Waals surface area contributed by atoms with Crippen molar-refractivity contribution in [2.45, 2.75) is 13.3 Å². The normalized spacial score (nSPS) is 10.9. The van der Waals surface area contributed by atoms with Gasteiger partial charge in [0, 0.05) is 13.6 Å². The van der Waals surface area contributed by atoms with Crippen LogP contribution in [0.15, 0.2) is 41.5 Å². The summed E-state index contributed by atoms with van der Waals surface area (Å²) < 4.78 is 1.43. The van der Waals surface area contributed by atoms with Gasteiger partial charge in [-0.1, -0.05) is 30.3 Å². The van der Waals surface area contributed by atoms with E-state index in [-0.39, 0.29) is 11.5 Å². The predicted molar refractivity (Wildman–Crippen MR) is 92.1 cm³/mol. The third-order valence-corrected chi connectivity index (χ3v) is 4.96. The summed E-state index contributed by atoms with van der Waals surface area (Å²) in [6.45, 7) is 2.36. The lowest BCUT2D eigenvalue weighted by atomic mass is 10.1. The topological polar surface area (TPSA) is 64.0 Å². The number of benzene rings is 1. The van der Waals surface area contributed by atoms with Crippen LogP contribution in [-0.2, 0) is 13.5 Å². The molecule has 0 aliphatic rings. The zero-order valence-electron chi connectivity index (χ0n) is 13.0. The van der Waals surface area contributed by atoms with Gasteiger partial charge in [0.05, 0.1) is 16.6 Å². The molecule has 0 spiro atoms. The van der Waals surface area contributed by atoms with Gasteiger partial charge in [-0.3, -0.25) is 9.59 Å². The summed E-state index contributed by atoms with van der Waals surface area (Å²) in [4.78, 5) is 30.0. The summed E-state index contributed by atoms with van der Waals surface area (Å²) in [7, 11) is 1.66. The maximum Gasteiger partial charge on any atom is 0.262 e. The molecule has 1 N–H and O–H groups in total. The summed E-state index contributed by atoms with van der Waals surface area (Å²) in [5.41, 5.74) is 1.76. The molecule has 0 saturated carbocycles. The summed E-state index contributed by atoms with van der Waals surface area (Å²) >= 11 is 1.26. The first kappa shape index (κ1) is 15.4. The van der Waals surface area contributed by atoms with Crippen LogP contribution >= 0.6 is 11.3 Å². The van der Waals surface area contributed by atoms with E-state index in [0.717, 1.165) is 6.42 Å². The van der Waals surface area contributed by atoms with Crippen molar-refractivity contribution in [2.75, 3.05) is 6.54 Å². The van der Waals surface area contributed by atoms with Crippen LogP contribution in [0.4, 0.5) is 0 Å². The molecule has 0 atom stereocenters. The van der Waals surface area contributed by atoms with E-state index >= 15 is 0 Å². The van der Waals surface area contributed by atoms with Crippen molar-refractivity contribution in [3.63, 3.8) is 0 Å². The van der Waals surface area contributed by atoms with E-state index in [4.69, 9.17) is 0 Å². The lowest BCUT2D eigenvalue weighted by Gasteiger charge is -2.04. The monoisotopic (exact) mass is 327 g/mol. The molecule has 0 aliphatic carbocycles. The molecule has 2 aromatic heterocycles. The summed E-state index contributed by atoms with van der Waals surface area (Å²) in [6.07, 6.45) is 2.26. The average Bonchev–Trinajstić information content (AvgIpc) is 2.89. The second-order valence-corrected chi connectivity index (χ2v) is 6.39. The highest BCUT2D eigenvalue weighted by atomic mass is 32.1. The number of hydrogen-bond acceptors (Lipinski definition) is 4. The molecule has 23 heavy (non-hydrogen) atoms. The van der Waals surface area contributed by atoms with Gasteiger partial charge in [0.2, 0.25) is 0 Å². The number of hydrogen-bond donors (Lipinski definition) is 1. The van der Waals surface area contributed by atoms with Crippen molar-refractivity contribution < 1.29 is 4.79 Å². The van der Waals surface area contributed by atoms with Gasteiger partial charge in [0.15, 0.2) is 0 Å². The van der Waals surface area contributed by atoms with Crippen molar-refractivity contribution in [1.29, 1.82) is 0 Å². The maximum atomic E-state index is 12.4. The Morgan fingerprint density at radius 3 is 2.78 bits per heavy atom. The number of nitrogens with one attached hydrogen (secondary N) is 1. The molecule has 0 aliphatic heterocycles. The van der Waals surface area contributed by atoms with Crippen LogP contribution in [0.2, 0.25) is 0 Å². The van der Waals surface area contributed by atoms with E-state index < -0.39 is 0 Å². The number of nitrogens with zero attached hydrogens (tertiary/aromatic N) is 2. The Balaban J connectivity index is 1.78. The zero-order valence-corrected chi connectivity index (χ0v) is 13.8. The van der Waals surface area contributed by atoms with E-state index in [2.05, 4.69) is 10.3 Å². The molecule has 118 valence electrons. The standard InChI is InChI=1S/C17H17N3O2S/c1-11-13-16(19-10-20(2)17(13)22)23-14(11)15(21)18-9-8-12-6-4-3-5-7-12/h3-7,10H,8-9H2,1-2H3,(H,18,21). The molecule has 0 saturated heterocycles. The van der Waals surface area contributed by atoms with Gasteiger partial charge >= 0.3 is 0 Å². The van der Waals surface area contributed by atoms with E-state index in [1.807, 2.05) is 30.3 Å². The van der Waals surface area contributed by atoms with Crippen LogP contribution in [0.1, 0.15) is 20.8 Å². The molecular formula is C17H17N3O2S. The van der Waals surface area contributed by atoms with Crippen LogP contribution < -0.4 is 10.9 Å². The fraction of sp³-hybridized carbons (Fsp3) is 0.235. The Labute approximate surface area is 137 Å². The SMILES string of the molecule is Cc1c(C(=O)NCCc2ccccc2)sc2ncn(C)c(=O)c12. The van der Waals surface area contributed by atoms with Crippen LogP contribution in [0.3, 0.4) is 0 Å². The lowest BCUT2D eigenvalue weighted by Crippen LogP contribution is -2.25. The van der Waals surface area contributed by atoms with Crippen molar-refractivity contribution in [1.82, 2.24) is 14.9 Å². The summed E-state index contributed by atoms with van der Waals surface area (Å²) in [5, 5.41) is 3.45. The van der Waals surface area contributed by atoms with Crippen molar-refractivity contribution in [3.05, 3.63) is 63.0 Å². The maximum absolute atomic E-state index is 12.4. The fourth-order valence-corrected chi connectivity index (χ4v) is 3.53. The van der Waals surface area contributed by atoms with Gasteiger partial charge in [-0.05, 0) is 24.5 Å². The van der Waals surface area contributed by atoms with Crippen molar-refractivity contribution in [3.8, 4) is 0 Å². The molecule has 1 amide bonds. The minimum atomic E-state index is -0.150. The number of carbonyl (C=O) groups excluding carboxylic acids is 1. The minimum absolute atomic E-state index is 0.118. The van der Waals surface area contributed by atoms with Gasteiger partial charge in [-0.2, -0.15) is 0 Å². The molecule has 3 aromatic rings. The minimum Gasteiger partial charge on any atom is -0.351 e. The molecule has 2 heterocycles. The van der Waals surface area contributed by atoms with E-state index in [0.29, 0.717) is 27.2 Å². The fourth-order valence-electron chi connectivity index (χ4n) is 2.47. The van der Waals surface area contributed by atoms with Crippen LogP contribution in [0.25, 0.3) is 10.2 Å². The largest absolute Gasteiger partial charge is 0.351 e. The second kappa shape index (κ2) is 6.34. The van der Waals surface area contributed by atoms with Gasteiger partial charge < -0.3 is 9.88 Å². The number of carbonyl (C=O) groups is 1. The predicted octanol–water partition coefficient (Wildman–Crippen LogP) is 2.28. The third-order valence-electron chi connectivity index (χ3n) is 3.76. The van der Waals surface area contributed by atoms with Gasteiger partial charge in [-0.15, -0.1) is 11.3 Å². The first-order chi connectivity index (χ1) is 11.1. The zero-order chi connectivity index (χ0) is 16.4. The van der Waals surface area contributed by atoms with E-state index in [1.54, 1.807) is 14.0 Å². The van der Waals surface area contributed by atoms with Crippen LogP contribution in [-0.4, -0.2) is 22.0 Å². The van der Waals surface area contributed by atoms with Crippen LogP contribution in [0.5, 0.6) is 0 Å². The number of thiophene rings is 1. The molecule has 6 heteroatoms. The molecule has 0 unspecified atom stereocenters. The molecule has 5 nitrogen and oxygen atoms in total. The molecule has 3 rings (SSSR count). The Morgan fingerprint density at radius 1 is 1.30 bits per heavy atom. The average molecular weight is 327 g/mol. The molecule has 0 bridgehead atoms. The summed E-state index contributed by atoms with van der Waals surface area (Å²) in [6, 6.07) is 9.99. The number of amides is 1. The van der Waals surface area contributed by atoms with Gasteiger partial charge in [0.1, 0.15) is 4.83 Å². The smallest absolute Gasteiger partial charge is 0.262 e. The number of rotatable bonds is 4. The highest BCUT2D eigenvalue weighted by molar-refractivity contribution is 7.20. The number of aryl methyl sites for hydroxylation is 2. The van der Waals surface area contributed by atoms with Gasteiger partial charge in [-0.25, -0.2) is 4.98 Å². The quantitative estimate of drug-likeness (QED) is 0.799. The first-order valence-electron chi connectivity index (χ1n) is 7.35. The molecule has 1 aromatic carbocycles. The molecule has 0 radical (unpaired) electrons. The Morgan fingerprint density at radius 2 is 2.04 bits per heavy atom. The second-order valence-electron chi connectivity index (χ2n) is 5.39. The highest BCUT2D eigenvalue weighted by Gasteiger charge is 2.18. The Kier molecular flexibility index (Phi) is 4.25. The lowest BCUT2D eigenvalue weighted by molar-refractivity contribution is 0.0957. The third kappa shape index (κ3) is 3.03. The molecule has 0 fully saturated rings. The number of fused-ring (bicyclic) bond motifs is 1. The number of aromatic nitrogens is 2. The van der Waals surface area contributed by atoms with Crippen LogP contribution in [0, 0.1) is 6.92 Å². The van der Waals surface area contributed by atoms with E-state index in [9.17, 15) is 9.59 Å². The Hall–Kier alpha value is -2.47. The first-order valence-corrected chi connectivity index (χ1v) is 8.16. The highest BCUT2D eigenvalue weighted by Crippen LogP contribution is 2.26. The van der Waals surface area contributed by atoms with Crippen molar-refractivity contribution >= 4 is 27.5 Å². The van der Waals surface area contributed by atoms with Crippen molar-refractivity contribution in [2.24, 2.45) is 7.05 Å². The van der Waals surface area contributed by atoms with E-state index in [1.165, 1.54) is 27.8 Å². The Bertz CT molecular complexity index is 913. The summed E-state index contributed by atoms with van der Waals surface area (Å²) in [5.74, 6) is -0.150.